The molecule has 0 unspecified atom stereocenters. The van der Waals surface area contributed by atoms with Crippen LogP contribution in [0.5, 0.6) is 0 Å². The maximum Gasteiger partial charge on any atom is 0.0977 e. The van der Waals surface area contributed by atoms with Gasteiger partial charge in [0.15, 0.2) is 0 Å². The van der Waals surface area contributed by atoms with E-state index < -0.39 is 5.60 Å². The van der Waals surface area contributed by atoms with E-state index in [9.17, 15) is 5.11 Å². The Morgan fingerprint density at radius 3 is 2.28 bits per heavy atom. The van der Waals surface area contributed by atoms with Crippen LogP contribution in [0.1, 0.15) is 29.2 Å². The number of hydrogen-bond donors (Lipinski definition) is 1. The van der Waals surface area contributed by atoms with Gasteiger partial charge in [-0.3, -0.25) is 0 Å². The Morgan fingerprint density at radius 1 is 1.00 bits per heavy atom. The molecular weight excluding hydrogens is 220 g/mol. The van der Waals surface area contributed by atoms with Gasteiger partial charge in [0.05, 0.1) is 5.60 Å². The lowest BCUT2D eigenvalue weighted by atomic mass is 9.89. The number of benzene rings is 2. The van der Waals surface area contributed by atoms with Crippen LogP contribution in [0.25, 0.3) is 0 Å². The second-order valence-corrected chi connectivity index (χ2v) is 5.21. The number of hydrogen-bond acceptors (Lipinski definition) is 1. The first-order valence-corrected chi connectivity index (χ1v) is 6.60. The first kappa shape index (κ1) is 11.5. The van der Waals surface area contributed by atoms with Gasteiger partial charge in [0.2, 0.25) is 0 Å². The van der Waals surface area contributed by atoms with Crippen molar-refractivity contribution in [1.82, 2.24) is 0 Å². The van der Waals surface area contributed by atoms with Crippen LogP contribution in [0.2, 0.25) is 0 Å². The van der Waals surface area contributed by atoms with E-state index in [4.69, 9.17) is 0 Å². The van der Waals surface area contributed by atoms with Gasteiger partial charge in [-0.1, -0.05) is 55.5 Å². The summed E-state index contributed by atoms with van der Waals surface area (Å²) in [7, 11) is 0. The molecule has 1 nitrogen and oxygen atoms in total. The van der Waals surface area contributed by atoms with Crippen molar-refractivity contribution in [1.29, 1.82) is 0 Å². The second-order valence-electron chi connectivity index (χ2n) is 5.21. The number of rotatable bonds is 2. The summed E-state index contributed by atoms with van der Waals surface area (Å²) < 4.78 is 0. The molecule has 0 heterocycles. The fourth-order valence-electron chi connectivity index (χ4n) is 2.88. The van der Waals surface area contributed by atoms with Crippen LogP contribution in [-0.2, 0) is 24.9 Å². The topological polar surface area (TPSA) is 20.2 Å². The van der Waals surface area contributed by atoms with Crippen LogP contribution >= 0.6 is 0 Å². The average molecular weight is 238 g/mol. The zero-order chi connectivity index (χ0) is 12.6. The third kappa shape index (κ3) is 1.85. The Morgan fingerprint density at radius 2 is 1.67 bits per heavy atom. The SMILES string of the molecule is CCc1cccc(C2(O)Cc3ccccc3C2)c1. The third-order valence-electron chi connectivity index (χ3n) is 3.96. The molecular formula is C17H18O. The van der Waals surface area contributed by atoms with Crippen LogP contribution in [0, 0.1) is 0 Å². The van der Waals surface area contributed by atoms with E-state index in [0.717, 1.165) is 24.8 Å². The Labute approximate surface area is 108 Å². The lowest BCUT2D eigenvalue weighted by molar-refractivity contribution is 0.0481. The van der Waals surface area contributed by atoms with E-state index in [-0.39, 0.29) is 0 Å². The summed E-state index contributed by atoms with van der Waals surface area (Å²) in [5.74, 6) is 0. The van der Waals surface area contributed by atoms with Crippen LogP contribution < -0.4 is 0 Å². The minimum atomic E-state index is -0.713. The van der Waals surface area contributed by atoms with E-state index in [2.05, 4.69) is 37.3 Å². The van der Waals surface area contributed by atoms with Gasteiger partial charge < -0.3 is 5.11 Å². The molecule has 0 saturated heterocycles. The zero-order valence-corrected chi connectivity index (χ0v) is 10.7. The molecule has 0 saturated carbocycles. The fraction of sp³-hybridized carbons (Fsp3) is 0.294. The summed E-state index contributed by atoms with van der Waals surface area (Å²) in [5.41, 5.74) is 4.19. The van der Waals surface area contributed by atoms with Crippen molar-refractivity contribution in [3.63, 3.8) is 0 Å². The highest BCUT2D eigenvalue weighted by molar-refractivity contribution is 5.40. The van der Waals surface area contributed by atoms with Gasteiger partial charge in [0.25, 0.3) is 0 Å². The maximum absolute atomic E-state index is 10.9. The molecule has 0 radical (unpaired) electrons. The minimum Gasteiger partial charge on any atom is -0.384 e. The molecule has 0 aromatic heterocycles. The highest BCUT2D eigenvalue weighted by Crippen LogP contribution is 2.37. The predicted octanol–water partition coefficient (Wildman–Crippen LogP) is 3.24. The molecule has 0 spiro atoms. The van der Waals surface area contributed by atoms with Gasteiger partial charge in [0.1, 0.15) is 0 Å². The van der Waals surface area contributed by atoms with Crippen LogP contribution in [0.4, 0.5) is 0 Å². The maximum atomic E-state index is 10.9. The summed E-state index contributed by atoms with van der Waals surface area (Å²) in [5, 5.41) is 10.9. The highest BCUT2D eigenvalue weighted by atomic mass is 16.3. The molecule has 0 aliphatic heterocycles. The lowest BCUT2D eigenvalue weighted by Gasteiger charge is -2.23. The average Bonchev–Trinajstić information content (AvgIpc) is 2.76. The Kier molecular flexibility index (Phi) is 2.71. The molecule has 1 heteroatoms. The molecule has 1 aliphatic carbocycles. The largest absolute Gasteiger partial charge is 0.384 e. The standard InChI is InChI=1S/C17H18O/c1-2-13-6-5-9-16(10-13)17(18)11-14-7-3-4-8-15(14)12-17/h3-10,18H,2,11-12H2,1H3. The van der Waals surface area contributed by atoms with Gasteiger partial charge in [-0.15, -0.1) is 0 Å². The van der Waals surface area contributed by atoms with Gasteiger partial charge >= 0.3 is 0 Å². The summed E-state index contributed by atoms with van der Waals surface area (Å²) in [6, 6.07) is 16.7. The van der Waals surface area contributed by atoms with E-state index in [0.29, 0.717) is 0 Å². The van der Waals surface area contributed by atoms with Crippen LogP contribution in [-0.4, -0.2) is 5.11 Å². The van der Waals surface area contributed by atoms with Crippen molar-refractivity contribution < 1.29 is 5.11 Å². The van der Waals surface area contributed by atoms with Crippen molar-refractivity contribution in [3.05, 3.63) is 70.8 Å². The highest BCUT2D eigenvalue weighted by Gasteiger charge is 2.36. The molecule has 18 heavy (non-hydrogen) atoms. The molecule has 0 amide bonds. The summed E-state index contributed by atoms with van der Waals surface area (Å²) >= 11 is 0. The molecule has 2 aromatic carbocycles. The van der Waals surface area contributed by atoms with Gasteiger partial charge in [0, 0.05) is 12.8 Å². The molecule has 0 atom stereocenters. The number of fused-ring (bicyclic) bond motifs is 1. The first-order chi connectivity index (χ1) is 8.71. The van der Waals surface area contributed by atoms with Crippen molar-refractivity contribution in [2.75, 3.05) is 0 Å². The molecule has 1 aliphatic rings. The summed E-state index contributed by atoms with van der Waals surface area (Å²) in [6.07, 6.45) is 2.48. The van der Waals surface area contributed by atoms with E-state index in [1.165, 1.54) is 16.7 Å². The van der Waals surface area contributed by atoms with Crippen LogP contribution in [0.3, 0.4) is 0 Å². The van der Waals surface area contributed by atoms with Crippen LogP contribution in [0.15, 0.2) is 48.5 Å². The van der Waals surface area contributed by atoms with E-state index >= 15 is 0 Å². The van der Waals surface area contributed by atoms with Gasteiger partial charge in [-0.2, -0.15) is 0 Å². The lowest BCUT2D eigenvalue weighted by Crippen LogP contribution is -2.26. The predicted molar refractivity (Wildman–Crippen MR) is 73.6 cm³/mol. The smallest absolute Gasteiger partial charge is 0.0977 e. The molecule has 0 bridgehead atoms. The first-order valence-electron chi connectivity index (χ1n) is 6.60. The normalized spacial score (nSPS) is 16.6. The molecule has 0 fully saturated rings. The van der Waals surface area contributed by atoms with Crippen molar-refractivity contribution >= 4 is 0 Å². The molecule has 92 valence electrons. The van der Waals surface area contributed by atoms with Crippen molar-refractivity contribution in [2.45, 2.75) is 31.8 Å². The number of aryl methyl sites for hydroxylation is 1. The van der Waals surface area contributed by atoms with Gasteiger partial charge in [-0.05, 0) is 28.7 Å². The molecule has 2 aromatic rings. The quantitative estimate of drug-likeness (QED) is 0.851. The van der Waals surface area contributed by atoms with Crippen molar-refractivity contribution in [2.24, 2.45) is 0 Å². The summed E-state index contributed by atoms with van der Waals surface area (Å²) in [6.45, 7) is 2.15. The third-order valence-corrected chi connectivity index (χ3v) is 3.96. The zero-order valence-electron chi connectivity index (χ0n) is 10.7. The Balaban J connectivity index is 1.98. The van der Waals surface area contributed by atoms with Gasteiger partial charge in [-0.25, -0.2) is 0 Å². The van der Waals surface area contributed by atoms with Crippen molar-refractivity contribution in [3.8, 4) is 0 Å². The molecule has 1 N–H and O–H groups in total. The minimum absolute atomic E-state index is 0.713. The Hall–Kier alpha value is -1.60. The summed E-state index contributed by atoms with van der Waals surface area (Å²) in [4.78, 5) is 0. The monoisotopic (exact) mass is 238 g/mol. The fourth-order valence-corrected chi connectivity index (χ4v) is 2.88. The molecule has 3 rings (SSSR count). The van der Waals surface area contributed by atoms with E-state index in [1.807, 2.05) is 18.2 Å². The second kappa shape index (κ2) is 4.25. The van der Waals surface area contributed by atoms with E-state index in [1.54, 1.807) is 0 Å². The number of aliphatic hydroxyl groups is 1. The Bertz CT molecular complexity index is 546.